The van der Waals surface area contributed by atoms with E-state index in [2.05, 4.69) is 201 Å². The Morgan fingerprint density at radius 2 is 1.17 bits per heavy atom. The Bertz CT molecular complexity index is 2930. The Balaban J connectivity index is 1.07. The van der Waals surface area contributed by atoms with Crippen molar-refractivity contribution in [3.05, 3.63) is 187 Å². The van der Waals surface area contributed by atoms with E-state index >= 15 is 0 Å². The highest BCUT2D eigenvalue weighted by Gasteiger charge is 2.34. The Morgan fingerprint density at radius 1 is 0.500 bits per heavy atom. The van der Waals surface area contributed by atoms with E-state index in [0.29, 0.717) is 5.92 Å². The molecule has 0 spiro atoms. The number of para-hydroxylation sites is 3. The fraction of sp³-hybridized carbons (Fsp3) is 0.104. The molecule has 1 saturated heterocycles. The molecule has 4 heterocycles. The van der Waals surface area contributed by atoms with Crippen LogP contribution in [0.3, 0.4) is 0 Å². The van der Waals surface area contributed by atoms with Gasteiger partial charge in [-0.1, -0.05) is 127 Å². The van der Waals surface area contributed by atoms with E-state index in [4.69, 9.17) is 4.98 Å². The van der Waals surface area contributed by atoms with Crippen molar-refractivity contribution in [3.63, 3.8) is 0 Å². The van der Waals surface area contributed by atoms with Crippen molar-refractivity contribution in [1.29, 1.82) is 0 Å². The highest BCUT2D eigenvalue weighted by molar-refractivity contribution is 6.19. The highest BCUT2D eigenvalue weighted by atomic mass is 15.4. The monoisotopic (exact) mass is 698 g/mol. The van der Waals surface area contributed by atoms with Gasteiger partial charge in [-0.2, -0.15) is 0 Å². The predicted molar refractivity (Wildman–Crippen MR) is 222 cm³/mol. The van der Waals surface area contributed by atoms with Crippen LogP contribution in [0.2, 0.25) is 0 Å². The van der Waals surface area contributed by atoms with Crippen molar-refractivity contribution in [2.75, 3.05) is 0 Å². The molecule has 6 aromatic carbocycles. The lowest BCUT2D eigenvalue weighted by molar-refractivity contribution is 0.169. The number of hydrogen-bond acceptors (Lipinski definition) is 4. The van der Waals surface area contributed by atoms with Crippen molar-refractivity contribution in [2.24, 2.45) is 5.92 Å². The van der Waals surface area contributed by atoms with Crippen molar-refractivity contribution in [3.8, 4) is 11.5 Å². The molecule has 0 saturated carbocycles. The minimum Gasteiger partial charge on any atom is -0.309 e. The van der Waals surface area contributed by atoms with Gasteiger partial charge in [0, 0.05) is 33.2 Å². The van der Waals surface area contributed by atoms with Gasteiger partial charge in [-0.05, 0) is 71.3 Å². The van der Waals surface area contributed by atoms with Crippen molar-refractivity contribution in [1.82, 2.24) is 30.1 Å². The second-order valence-electron chi connectivity index (χ2n) is 14.5. The predicted octanol–water partition coefficient (Wildman–Crippen LogP) is 10.4. The molecule has 4 unspecified atom stereocenters. The van der Waals surface area contributed by atoms with Crippen LogP contribution in [0.25, 0.3) is 65.9 Å². The molecule has 1 aliphatic heterocycles. The van der Waals surface area contributed by atoms with Crippen LogP contribution in [0, 0.1) is 5.92 Å². The summed E-state index contributed by atoms with van der Waals surface area (Å²) in [4.78, 5) is 5.48. The first-order valence-corrected chi connectivity index (χ1v) is 18.9. The third kappa shape index (κ3) is 5.03. The van der Waals surface area contributed by atoms with Gasteiger partial charge in [0.25, 0.3) is 0 Å². The number of aromatic nitrogens is 3. The quantitative estimate of drug-likeness (QED) is 0.168. The maximum absolute atomic E-state index is 5.48. The summed E-state index contributed by atoms with van der Waals surface area (Å²) in [7, 11) is 0. The summed E-state index contributed by atoms with van der Waals surface area (Å²) >= 11 is 0. The largest absolute Gasteiger partial charge is 0.309 e. The third-order valence-corrected chi connectivity index (χ3v) is 11.4. The summed E-state index contributed by atoms with van der Waals surface area (Å²) < 4.78 is 4.73. The SMILES string of the molecule is C1=CCC(C2NC(c3cccc(-n4c5ccccc5c5cc6c7ccccc7n(-c7ccccc7)c6cc54)n3)NC(c3cccc4ccccc34)N2)C=C1. The van der Waals surface area contributed by atoms with E-state index in [1.54, 1.807) is 0 Å². The molecule has 260 valence electrons. The molecule has 3 aromatic heterocycles. The number of hydrogen-bond donors (Lipinski definition) is 3. The lowest BCUT2D eigenvalue weighted by atomic mass is 9.94. The molecule has 9 aromatic rings. The van der Waals surface area contributed by atoms with E-state index in [1.807, 2.05) is 0 Å². The highest BCUT2D eigenvalue weighted by Crippen LogP contribution is 2.39. The van der Waals surface area contributed by atoms with E-state index in [0.717, 1.165) is 34.7 Å². The van der Waals surface area contributed by atoms with Gasteiger partial charge in [-0.15, -0.1) is 0 Å². The smallest absolute Gasteiger partial charge is 0.138 e. The van der Waals surface area contributed by atoms with Gasteiger partial charge in [0.2, 0.25) is 0 Å². The molecule has 11 rings (SSSR count). The zero-order valence-corrected chi connectivity index (χ0v) is 29.6. The minimum absolute atomic E-state index is 0.0355. The van der Waals surface area contributed by atoms with Crippen LogP contribution in [-0.4, -0.2) is 20.3 Å². The van der Waals surface area contributed by atoms with Crippen LogP contribution in [0.5, 0.6) is 0 Å². The molecule has 54 heavy (non-hydrogen) atoms. The summed E-state index contributed by atoms with van der Waals surface area (Å²) in [6, 6.07) is 54.5. The molecule has 6 nitrogen and oxygen atoms in total. The van der Waals surface area contributed by atoms with E-state index in [9.17, 15) is 0 Å². The van der Waals surface area contributed by atoms with Crippen LogP contribution in [0.15, 0.2) is 176 Å². The lowest BCUT2D eigenvalue weighted by Gasteiger charge is -2.42. The van der Waals surface area contributed by atoms with Gasteiger partial charge in [0.15, 0.2) is 0 Å². The first kappa shape index (κ1) is 31.2. The summed E-state index contributed by atoms with van der Waals surface area (Å²) in [5.74, 6) is 1.19. The Labute approximate surface area is 313 Å². The van der Waals surface area contributed by atoms with Gasteiger partial charge in [-0.25, -0.2) is 4.98 Å². The molecule has 0 amide bonds. The molecule has 3 N–H and O–H groups in total. The van der Waals surface area contributed by atoms with E-state index in [-0.39, 0.29) is 18.5 Å². The third-order valence-electron chi connectivity index (χ3n) is 11.4. The number of benzene rings is 6. The average Bonchev–Trinajstić information content (AvgIpc) is 3.75. The number of allylic oxidation sites excluding steroid dienone is 3. The zero-order chi connectivity index (χ0) is 35.6. The van der Waals surface area contributed by atoms with Crippen LogP contribution in [0.1, 0.15) is 30.0 Å². The summed E-state index contributed by atoms with van der Waals surface area (Å²) in [6.45, 7) is 0. The molecule has 6 heteroatoms. The van der Waals surface area contributed by atoms with Crippen molar-refractivity contribution < 1.29 is 0 Å². The average molecular weight is 699 g/mol. The number of rotatable bonds is 5. The topological polar surface area (TPSA) is 58.8 Å². The Morgan fingerprint density at radius 3 is 1.96 bits per heavy atom. The fourth-order valence-corrected chi connectivity index (χ4v) is 8.87. The van der Waals surface area contributed by atoms with Gasteiger partial charge < -0.3 is 4.57 Å². The zero-order valence-electron chi connectivity index (χ0n) is 29.6. The molecular formula is C48H38N6. The Kier molecular flexibility index (Phi) is 7.33. The van der Waals surface area contributed by atoms with Gasteiger partial charge in [-0.3, -0.25) is 20.5 Å². The fourth-order valence-electron chi connectivity index (χ4n) is 8.87. The minimum atomic E-state index is -0.195. The molecule has 2 aliphatic rings. The second-order valence-corrected chi connectivity index (χ2v) is 14.5. The van der Waals surface area contributed by atoms with Crippen LogP contribution < -0.4 is 16.0 Å². The van der Waals surface area contributed by atoms with Crippen molar-refractivity contribution >= 4 is 54.4 Å². The number of fused-ring (bicyclic) bond motifs is 7. The van der Waals surface area contributed by atoms with Gasteiger partial charge >= 0.3 is 0 Å². The lowest BCUT2D eigenvalue weighted by Crippen LogP contribution is -2.61. The normalized spacial score (nSPS) is 20.1. The first-order chi connectivity index (χ1) is 26.8. The van der Waals surface area contributed by atoms with Crippen LogP contribution in [-0.2, 0) is 0 Å². The number of pyridine rings is 1. The standard InChI is InChI=1S/C48H38N6/c1-3-16-32(17-4-1)46-50-47(37-24-13-18-31-15-7-8-21-34(31)37)52-48(51-46)40-25-14-28-45(49-40)54-42-27-12-10-23-36(42)39-29-38-35-22-9-11-26-41(35)53(43(38)30-44(39)54)33-19-5-2-6-20-33/h1-16,18-30,32,46-48,50-52H,17H2. The maximum Gasteiger partial charge on any atom is 0.138 e. The summed E-state index contributed by atoms with van der Waals surface area (Å²) in [5, 5.41) is 19.2. The summed E-state index contributed by atoms with van der Waals surface area (Å²) in [6.07, 6.45) is 9.60. The second kappa shape index (κ2) is 12.7. The molecule has 1 aliphatic carbocycles. The first-order valence-electron chi connectivity index (χ1n) is 18.9. The van der Waals surface area contributed by atoms with Crippen molar-refractivity contribution in [2.45, 2.75) is 24.9 Å². The van der Waals surface area contributed by atoms with Gasteiger partial charge in [0.1, 0.15) is 12.0 Å². The van der Waals surface area contributed by atoms with E-state index in [1.165, 1.54) is 48.9 Å². The Hall–Kier alpha value is -6.31. The molecule has 0 bridgehead atoms. The maximum atomic E-state index is 5.48. The summed E-state index contributed by atoms with van der Waals surface area (Å²) in [5.41, 5.74) is 7.97. The molecule has 0 radical (unpaired) electrons. The molecule has 4 atom stereocenters. The molecular weight excluding hydrogens is 661 g/mol. The van der Waals surface area contributed by atoms with Crippen LogP contribution in [0.4, 0.5) is 0 Å². The van der Waals surface area contributed by atoms with E-state index < -0.39 is 0 Å². The molecule has 1 fully saturated rings. The number of nitrogens with one attached hydrogen (secondary N) is 3. The number of nitrogens with zero attached hydrogens (tertiary/aromatic N) is 3. The van der Waals surface area contributed by atoms with Gasteiger partial charge in [0.05, 0.1) is 40.1 Å². The van der Waals surface area contributed by atoms with Crippen LogP contribution >= 0.6 is 0 Å².